The molecule has 0 radical (unpaired) electrons. The lowest BCUT2D eigenvalue weighted by molar-refractivity contribution is -0.317. The van der Waals surface area contributed by atoms with Crippen LogP contribution in [0, 0.1) is 5.41 Å². The molecule has 25 heavy (non-hydrogen) atoms. The van der Waals surface area contributed by atoms with E-state index in [2.05, 4.69) is 11.9 Å². The lowest BCUT2D eigenvalue weighted by Crippen LogP contribution is -2.52. The van der Waals surface area contributed by atoms with Crippen molar-refractivity contribution < 1.29 is 9.90 Å². The Morgan fingerprint density at radius 1 is 1.04 bits per heavy atom. The third kappa shape index (κ3) is 1.39. The Hall–Kier alpha value is -2.56. The molecule has 1 fully saturated rings. The highest BCUT2D eigenvalue weighted by atomic mass is 16.4. The molecular weight excluding hydrogens is 314 g/mol. The van der Waals surface area contributed by atoms with Gasteiger partial charge in [-0.25, -0.2) is 9.97 Å². The van der Waals surface area contributed by atoms with Gasteiger partial charge in [0.25, 0.3) is 0 Å². The predicted octanol–water partition coefficient (Wildman–Crippen LogP) is 2.26. The molecule has 3 aromatic rings. The Bertz CT molecular complexity index is 1090. The van der Waals surface area contributed by atoms with E-state index in [1.807, 2.05) is 38.1 Å². The number of aromatic nitrogens is 3. The fourth-order valence-corrected chi connectivity index (χ4v) is 5.17. The number of fused-ring (bicyclic) bond motifs is 8. The van der Waals surface area contributed by atoms with Crippen molar-refractivity contribution in [3.8, 4) is 0 Å². The van der Waals surface area contributed by atoms with E-state index in [1.165, 1.54) is 0 Å². The van der Waals surface area contributed by atoms with Gasteiger partial charge in [0.15, 0.2) is 0 Å². The minimum atomic E-state index is -1.07. The number of carbonyl (C=O) groups is 1. The number of rotatable bonds is 1. The van der Waals surface area contributed by atoms with Crippen LogP contribution in [0.25, 0.3) is 21.9 Å². The molecule has 5 nitrogen and oxygen atoms in total. The lowest BCUT2D eigenvalue weighted by atomic mass is 9.64. The Morgan fingerprint density at radius 3 is 2.56 bits per heavy atom. The van der Waals surface area contributed by atoms with Gasteiger partial charge in [-0.15, -0.1) is 0 Å². The highest BCUT2D eigenvalue weighted by Gasteiger charge is 2.70. The summed E-state index contributed by atoms with van der Waals surface area (Å²) in [6.07, 6.45) is 3.10. The summed E-state index contributed by atoms with van der Waals surface area (Å²) in [5.41, 5.74) is 1.91. The molecule has 0 saturated heterocycles. The summed E-state index contributed by atoms with van der Waals surface area (Å²) >= 11 is 0. The molecule has 2 atom stereocenters. The monoisotopic (exact) mass is 332 g/mol. The second-order valence-corrected chi connectivity index (χ2v) is 8.07. The Balaban J connectivity index is 1.95. The van der Waals surface area contributed by atoms with Gasteiger partial charge in [-0.05, 0) is 42.5 Å². The van der Waals surface area contributed by atoms with E-state index in [9.17, 15) is 9.90 Å². The molecule has 5 heteroatoms. The van der Waals surface area contributed by atoms with Crippen molar-refractivity contribution >= 4 is 27.9 Å². The fraction of sp³-hybridized carbons (Fsp3) is 0.400. The number of pyridine rings is 1. The van der Waals surface area contributed by atoms with Gasteiger partial charge in [-0.1, -0.05) is 20.8 Å². The zero-order chi connectivity index (χ0) is 17.6. The molecule has 0 amide bonds. The maximum Gasteiger partial charge on any atom is 0.0984 e. The van der Waals surface area contributed by atoms with E-state index in [-0.39, 0.29) is 5.41 Å². The van der Waals surface area contributed by atoms with Gasteiger partial charge in [0.1, 0.15) is 0 Å². The quantitative estimate of drug-likeness (QED) is 0.639. The molecule has 0 spiro atoms. The van der Waals surface area contributed by atoms with Crippen molar-refractivity contribution in [2.24, 2.45) is 5.41 Å². The molecule has 126 valence electrons. The van der Waals surface area contributed by atoms with Crippen LogP contribution < -0.4 is 5.11 Å². The van der Waals surface area contributed by atoms with Crippen LogP contribution in [-0.4, -0.2) is 20.9 Å². The zero-order valence-corrected chi connectivity index (χ0v) is 14.5. The van der Waals surface area contributed by atoms with Gasteiger partial charge in [-0.2, -0.15) is 0 Å². The van der Waals surface area contributed by atoms with Gasteiger partial charge in [0.2, 0.25) is 0 Å². The summed E-state index contributed by atoms with van der Waals surface area (Å²) in [5.74, 6) is -1.03. The fourth-order valence-electron chi connectivity index (χ4n) is 5.17. The summed E-state index contributed by atoms with van der Waals surface area (Å²) < 4.78 is 0. The Kier molecular flexibility index (Phi) is 2.45. The zero-order valence-electron chi connectivity index (χ0n) is 14.5. The summed E-state index contributed by atoms with van der Waals surface area (Å²) in [6, 6.07) is 7.66. The number of benzene rings is 1. The van der Waals surface area contributed by atoms with Gasteiger partial charge < -0.3 is 9.90 Å². The van der Waals surface area contributed by atoms with Crippen molar-refractivity contribution in [2.75, 3.05) is 0 Å². The number of carbonyl (C=O) groups excluding carboxylic acids is 1. The molecule has 0 N–H and O–H groups in total. The largest absolute Gasteiger partial charge is 0.549 e. The number of aliphatic carboxylic acids is 1. The first kappa shape index (κ1) is 14.8. The summed E-state index contributed by atoms with van der Waals surface area (Å²) in [5, 5.41) is 13.2. The van der Waals surface area contributed by atoms with Crippen molar-refractivity contribution in [2.45, 2.75) is 44.4 Å². The first-order valence-electron chi connectivity index (χ1n) is 8.61. The van der Waals surface area contributed by atoms with E-state index in [4.69, 9.17) is 9.97 Å². The molecular formula is C20H18N3O2-. The van der Waals surface area contributed by atoms with Crippen LogP contribution in [0.4, 0.5) is 0 Å². The maximum absolute atomic E-state index is 12.3. The molecule has 2 aliphatic carbocycles. The number of carboxylic acids is 1. The average Bonchev–Trinajstić information content (AvgIpc) is 2.89. The summed E-state index contributed by atoms with van der Waals surface area (Å²) in [4.78, 5) is 26.4. The van der Waals surface area contributed by atoms with Gasteiger partial charge in [0, 0.05) is 17.0 Å². The number of hydrogen-bond acceptors (Lipinski definition) is 5. The first-order chi connectivity index (χ1) is 11.8. The van der Waals surface area contributed by atoms with Crippen LogP contribution in [0.3, 0.4) is 0 Å². The smallest absolute Gasteiger partial charge is 0.0984 e. The SMILES string of the molecule is CC12CCC(C(=O)[O-])(c3nc4ccc5ncccc5c4nc31)C2(C)C. The average molecular weight is 332 g/mol. The normalized spacial score (nSPS) is 29.2. The minimum Gasteiger partial charge on any atom is -0.549 e. The molecule has 2 aliphatic rings. The molecule has 2 aromatic heterocycles. The first-order valence-corrected chi connectivity index (χ1v) is 8.61. The Morgan fingerprint density at radius 2 is 1.80 bits per heavy atom. The lowest BCUT2D eigenvalue weighted by Gasteiger charge is -2.41. The molecule has 2 unspecified atom stereocenters. The number of nitrogens with zero attached hydrogens (tertiary/aromatic N) is 3. The van der Waals surface area contributed by atoms with Crippen LogP contribution in [0.1, 0.15) is 45.0 Å². The highest BCUT2D eigenvalue weighted by Crippen LogP contribution is 2.69. The molecule has 1 saturated carbocycles. The van der Waals surface area contributed by atoms with E-state index in [1.54, 1.807) is 6.20 Å². The number of carboxylic acid groups (broad SMARTS) is 1. The van der Waals surface area contributed by atoms with Crippen LogP contribution in [-0.2, 0) is 15.6 Å². The van der Waals surface area contributed by atoms with E-state index in [0.29, 0.717) is 17.6 Å². The molecule has 1 aromatic carbocycles. The number of hydrogen-bond donors (Lipinski definition) is 0. The third-order valence-corrected chi connectivity index (χ3v) is 7.14. The van der Waals surface area contributed by atoms with Gasteiger partial charge in [-0.3, -0.25) is 4.98 Å². The molecule has 2 heterocycles. The minimum absolute atomic E-state index is 0.325. The van der Waals surface area contributed by atoms with Crippen LogP contribution in [0.5, 0.6) is 0 Å². The van der Waals surface area contributed by atoms with E-state index < -0.39 is 16.8 Å². The second kappa shape index (κ2) is 4.15. The molecule has 2 bridgehead atoms. The van der Waals surface area contributed by atoms with Crippen LogP contribution in [0.15, 0.2) is 30.5 Å². The standard InChI is InChI=1S/C20H19N3O2/c1-18(2)19(3)8-9-20(18,17(24)25)16-15(19)23-14-11-5-4-10-21-12(11)6-7-13(14)22-16/h4-7,10H,8-9H2,1-3H3,(H,24,25)/p-1. The summed E-state index contributed by atoms with van der Waals surface area (Å²) in [6.45, 7) is 6.15. The van der Waals surface area contributed by atoms with Gasteiger partial charge >= 0.3 is 0 Å². The van der Waals surface area contributed by atoms with Crippen molar-refractivity contribution in [1.82, 2.24) is 15.0 Å². The van der Waals surface area contributed by atoms with Gasteiger partial charge in [0.05, 0.1) is 39.3 Å². The van der Waals surface area contributed by atoms with E-state index >= 15 is 0 Å². The third-order valence-electron chi connectivity index (χ3n) is 7.14. The maximum atomic E-state index is 12.3. The van der Waals surface area contributed by atoms with Crippen LogP contribution in [0.2, 0.25) is 0 Å². The van der Waals surface area contributed by atoms with Crippen LogP contribution >= 0.6 is 0 Å². The predicted molar refractivity (Wildman–Crippen MR) is 91.9 cm³/mol. The Labute approximate surface area is 145 Å². The van der Waals surface area contributed by atoms with Crippen molar-refractivity contribution in [3.63, 3.8) is 0 Å². The second-order valence-electron chi connectivity index (χ2n) is 8.07. The summed E-state index contributed by atoms with van der Waals surface area (Å²) in [7, 11) is 0. The molecule has 0 aliphatic heterocycles. The van der Waals surface area contributed by atoms with Crippen molar-refractivity contribution in [1.29, 1.82) is 0 Å². The van der Waals surface area contributed by atoms with E-state index in [0.717, 1.165) is 28.5 Å². The molecule has 5 rings (SSSR count). The highest BCUT2D eigenvalue weighted by molar-refractivity contribution is 6.02. The topological polar surface area (TPSA) is 78.8 Å². The van der Waals surface area contributed by atoms with Crippen molar-refractivity contribution in [3.05, 3.63) is 41.9 Å².